The van der Waals surface area contributed by atoms with Gasteiger partial charge in [0.15, 0.2) is 23.1 Å². The fraction of sp³-hybridized carbons (Fsp3) is 0.391. The van der Waals surface area contributed by atoms with Crippen LogP contribution >= 0.6 is 0 Å². The van der Waals surface area contributed by atoms with Crippen molar-refractivity contribution in [2.75, 3.05) is 50.7 Å². The molecule has 13 nitrogen and oxygen atoms in total. The highest BCUT2D eigenvalue weighted by molar-refractivity contribution is 6.00. The van der Waals surface area contributed by atoms with E-state index < -0.39 is 5.91 Å². The van der Waals surface area contributed by atoms with Gasteiger partial charge >= 0.3 is 6.03 Å². The van der Waals surface area contributed by atoms with Crippen molar-refractivity contribution in [2.24, 2.45) is 7.05 Å². The minimum atomic E-state index is -0.424. The predicted octanol–water partition coefficient (Wildman–Crippen LogP) is 1.41. The van der Waals surface area contributed by atoms with E-state index in [0.29, 0.717) is 60.6 Å². The zero-order valence-electron chi connectivity index (χ0n) is 20.5. The molecule has 0 saturated carbocycles. The molecule has 13 heteroatoms. The predicted molar refractivity (Wildman–Crippen MR) is 130 cm³/mol. The molecule has 0 bridgehead atoms. The third-order valence-electron chi connectivity index (χ3n) is 6.32. The summed E-state index contributed by atoms with van der Waals surface area (Å²) in [7, 11) is 4.84. The molecule has 188 valence electrons. The van der Waals surface area contributed by atoms with E-state index in [1.54, 1.807) is 47.1 Å². The van der Waals surface area contributed by atoms with Crippen LogP contribution in [0.1, 0.15) is 17.4 Å². The first-order valence-electron chi connectivity index (χ1n) is 11.4. The minimum Gasteiger partial charge on any atom is -0.494 e. The fourth-order valence-electron chi connectivity index (χ4n) is 4.34. The number of amides is 3. The van der Waals surface area contributed by atoms with Crippen molar-refractivity contribution in [3.63, 3.8) is 0 Å². The van der Waals surface area contributed by atoms with Gasteiger partial charge in [0.2, 0.25) is 0 Å². The van der Waals surface area contributed by atoms with Crippen LogP contribution < -0.4 is 20.3 Å². The molecular weight excluding hydrogens is 466 g/mol. The highest BCUT2D eigenvalue weighted by Crippen LogP contribution is 2.38. The van der Waals surface area contributed by atoms with E-state index in [-0.39, 0.29) is 17.3 Å². The van der Waals surface area contributed by atoms with Gasteiger partial charge in [-0.3, -0.25) is 14.4 Å². The number of aromatic nitrogens is 5. The molecule has 2 fully saturated rings. The average Bonchev–Trinajstić information content (AvgIpc) is 3.47. The van der Waals surface area contributed by atoms with Crippen molar-refractivity contribution in [3.8, 4) is 17.1 Å². The number of anilines is 3. The second-order valence-electron chi connectivity index (χ2n) is 8.87. The Kier molecular flexibility index (Phi) is 5.92. The van der Waals surface area contributed by atoms with Crippen molar-refractivity contribution >= 4 is 29.1 Å². The third-order valence-corrected chi connectivity index (χ3v) is 6.32. The number of urea groups is 1. The van der Waals surface area contributed by atoms with E-state index in [9.17, 15) is 9.59 Å². The number of aryl methyl sites for hydroxylation is 1. The number of hydrogen-bond acceptors (Lipinski definition) is 9. The average molecular weight is 494 g/mol. The van der Waals surface area contributed by atoms with Crippen molar-refractivity contribution < 1.29 is 19.1 Å². The lowest BCUT2D eigenvalue weighted by Gasteiger charge is -2.44. The van der Waals surface area contributed by atoms with Crippen LogP contribution in [0.3, 0.4) is 0 Å². The van der Waals surface area contributed by atoms with Crippen molar-refractivity contribution in [1.29, 1.82) is 0 Å². The van der Waals surface area contributed by atoms with Crippen LogP contribution in [0.4, 0.5) is 22.0 Å². The maximum atomic E-state index is 13.2. The van der Waals surface area contributed by atoms with Crippen LogP contribution in [0.25, 0.3) is 11.4 Å². The molecule has 5 rings (SSSR count). The second kappa shape index (κ2) is 9.07. The smallest absolute Gasteiger partial charge is 0.326 e. The van der Waals surface area contributed by atoms with E-state index >= 15 is 0 Å². The van der Waals surface area contributed by atoms with Gasteiger partial charge in [0.1, 0.15) is 6.33 Å². The summed E-state index contributed by atoms with van der Waals surface area (Å²) in [6.07, 6.45) is 1.60. The number of rotatable bonds is 7. The first-order valence-corrected chi connectivity index (χ1v) is 11.4. The van der Waals surface area contributed by atoms with Gasteiger partial charge in [-0.1, -0.05) is 6.07 Å². The van der Waals surface area contributed by atoms with Crippen LogP contribution in [-0.2, 0) is 11.8 Å². The Morgan fingerprint density at radius 3 is 2.64 bits per heavy atom. The minimum absolute atomic E-state index is 0.0764. The maximum absolute atomic E-state index is 13.2. The highest BCUT2D eigenvalue weighted by atomic mass is 16.5. The van der Waals surface area contributed by atoms with E-state index in [0.717, 1.165) is 0 Å². The standard InChI is InChI=1S/C23H27N9O4/c1-23(11-36-12-23)32-9-8-31(22(32)34)17-10-16(18(28-27-17)21(33)24-2)26-15-7-5-6-14(19(15)35-4)20-25-13-30(3)29-20/h5-7,10,13H,8-9,11-12H2,1-4H3,(H,24,33)(H,26,27). The number of para-hydroxylation sites is 1. The molecule has 3 aromatic rings. The molecule has 36 heavy (non-hydrogen) atoms. The van der Waals surface area contributed by atoms with Crippen LogP contribution in [-0.4, -0.2) is 87.8 Å². The second-order valence-corrected chi connectivity index (χ2v) is 8.87. The molecule has 2 aliphatic rings. The van der Waals surface area contributed by atoms with Gasteiger partial charge in [0.25, 0.3) is 5.91 Å². The Morgan fingerprint density at radius 1 is 1.19 bits per heavy atom. The zero-order valence-corrected chi connectivity index (χ0v) is 20.5. The molecule has 1 aromatic carbocycles. The molecule has 2 aromatic heterocycles. The van der Waals surface area contributed by atoms with Gasteiger partial charge in [0, 0.05) is 33.3 Å². The molecule has 0 aliphatic carbocycles. The highest BCUT2D eigenvalue weighted by Gasteiger charge is 2.47. The Morgan fingerprint density at radius 2 is 2.00 bits per heavy atom. The lowest BCUT2D eigenvalue weighted by molar-refractivity contribution is -0.107. The lowest BCUT2D eigenvalue weighted by Crippen LogP contribution is -2.61. The molecule has 0 atom stereocenters. The first-order chi connectivity index (χ1) is 17.3. The summed E-state index contributed by atoms with van der Waals surface area (Å²) in [6.45, 7) is 4.00. The van der Waals surface area contributed by atoms with E-state index in [4.69, 9.17) is 9.47 Å². The Labute approximate surface area is 207 Å². The lowest BCUT2D eigenvalue weighted by atomic mass is 9.99. The molecule has 2 saturated heterocycles. The number of carbonyl (C=O) groups is 2. The molecule has 2 aliphatic heterocycles. The fourth-order valence-corrected chi connectivity index (χ4v) is 4.34. The molecule has 2 N–H and O–H groups in total. The quantitative estimate of drug-likeness (QED) is 0.500. The molecule has 4 heterocycles. The van der Waals surface area contributed by atoms with Crippen LogP contribution in [0, 0.1) is 0 Å². The topological polar surface area (TPSA) is 140 Å². The van der Waals surface area contributed by atoms with Gasteiger partial charge in [0.05, 0.1) is 42.8 Å². The molecule has 3 amide bonds. The van der Waals surface area contributed by atoms with Gasteiger partial charge in [-0.2, -0.15) is 5.10 Å². The number of benzene rings is 1. The van der Waals surface area contributed by atoms with E-state index in [2.05, 4.69) is 30.9 Å². The van der Waals surface area contributed by atoms with Gasteiger partial charge in [-0.25, -0.2) is 9.78 Å². The van der Waals surface area contributed by atoms with Gasteiger partial charge in [-0.05, 0) is 19.1 Å². The Balaban J connectivity index is 1.51. The van der Waals surface area contributed by atoms with Crippen LogP contribution in [0.2, 0.25) is 0 Å². The normalized spacial score (nSPS) is 16.6. The maximum Gasteiger partial charge on any atom is 0.326 e. The first kappa shape index (κ1) is 23.5. The third kappa shape index (κ3) is 3.96. The summed E-state index contributed by atoms with van der Waals surface area (Å²) in [6, 6.07) is 6.95. The van der Waals surface area contributed by atoms with Gasteiger partial charge < -0.3 is 25.0 Å². The van der Waals surface area contributed by atoms with Crippen molar-refractivity contribution in [3.05, 3.63) is 36.3 Å². The Hall–Kier alpha value is -4.26. The van der Waals surface area contributed by atoms with Crippen molar-refractivity contribution in [2.45, 2.75) is 12.5 Å². The molecule has 0 radical (unpaired) electrons. The summed E-state index contributed by atoms with van der Waals surface area (Å²) in [5.74, 6) is 0.898. The van der Waals surface area contributed by atoms with Crippen LogP contribution in [0.5, 0.6) is 5.75 Å². The molecule has 0 unspecified atom stereocenters. The van der Waals surface area contributed by atoms with Gasteiger partial charge in [-0.15, -0.1) is 10.2 Å². The number of nitrogens with one attached hydrogen (secondary N) is 2. The number of methoxy groups -OCH3 is 1. The van der Waals surface area contributed by atoms with E-state index in [1.807, 2.05) is 19.1 Å². The molecule has 0 spiro atoms. The number of ether oxygens (including phenoxy) is 2. The molecular formula is C23H27N9O4. The van der Waals surface area contributed by atoms with Crippen molar-refractivity contribution in [1.82, 2.24) is 35.2 Å². The summed E-state index contributed by atoms with van der Waals surface area (Å²) < 4.78 is 12.6. The van der Waals surface area contributed by atoms with Crippen LogP contribution in [0.15, 0.2) is 30.6 Å². The van der Waals surface area contributed by atoms with E-state index in [1.165, 1.54) is 7.05 Å². The number of hydrogen-bond donors (Lipinski definition) is 2. The largest absolute Gasteiger partial charge is 0.494 e. The SMILES string of the molecule is CNC(=O)c1nnc(N2CCN(C3(C)COC3)C2=O)cc1Nc1cccc(-c2ncn(C)n2)c1OC. The summed E-state index contributed by atoms with van der Waals surface area (Å²) in [5.41, 5.74) is 1.37. The number of carbonyl (C=O) groups excluding carboxylic acids is 2. The monoisotopic (exact) mass is 493 g/mol. The zero-order chi connectivity index (χ0) is 25.4. The summed E-state index contributed by atoms with van der Waals surface area (Å²) in [4.78, 5) is 33.4. The summed E-state index contributed by atoms with van der Waals surface area (Å²) >= 11 is 0. The number of nitrogens with zero attached hydrogens (tertiary/aromatic N) is 7. The summed E-state index contributed by atoms with van der Waals surface area (Å²) in [5, 5.41) is 18.5. The Bertz CT molecular complexity index is 1320.